The van der Waals surface area contributed by atoms with Crippen LogP contribution >= 0.6 is 0 Å². The number of hydrogen-bond donors (Lipinski definition) is 1. The van der Waals surface area contributed by atoms with Gasteiger partial charge in [0.15, 0.2) is 5.69 Å². The molecule has 0 aromatic carbocycles. The van der Waals surface area contributed by atoms with Gasteiger partial charge in [-0.25, -0.2) is 4.79 Å². The highest BCUT2D eigenvalue weighted by Gasteiger charge is 2.36. The fourth-order valence-corrected chi connectivity index (χ4v) is 2.43. The molecule has 1 aromatic heterocycles. The topological polar surface area (TPSA) is 65.4 Å². The van der Waals surface area contributed by atoms with Gasteiger partial charge in [-0.2, -0.15) is 18.3 Å². The molecule has 0 atom stereocenters. The maximum Gasteiger partial charge on any atom is 0.435 e. The SMILES string of the molecule is CC(C)(C)OC(=O)NCc1cc(C(F)(F)F)nn1C1CCOCC1. The molecule has 1 fully saturated rings. The third-order valence-electron chi connectivity index (χ3n) is 3.45. The van der Waals surface area contributed by atoms with E-state index in [9.17, 15) is 18.0 Å². The number of alkyl carbamates (subject to hydrolysis) is 1. The Morgan fingerprint density at radius 2 is 2.00 bits per heavy atom. The Hall–Kier alpha value is -1.77. The van der Waals surface area contributed by atoms with Crippen molar-refractivity contribution >= 4 is 6.09 Å². The van der Waals surface area contributed by atoms with E-state index in [0.29, 0.717) is 31.7 Å². The van der Waals surface area contributed by atoms with Crippen molar-refractivity contribution in [1.82, 2.24) is 15.1 Å². The Bertz CT molecular complexity index is 573. The summed E-state index contributed by atoms with van der Waals surface area (Å²) in [6.07, 6.45) is -4.05. The molecule has 6 nitrogen and oxygen atoms in total. The van der Waals surface area contributed by atoms with Gasteiger partial charge in [-0.05, 0) is 39.7 Å². The lowest BCUT2D eigenvalue weighted by Gasteiger charge is -2.24. The highest BCUT2D eigenvalue weighted by molar-refractivity contribution is 5.67. The number of hydrogen-bond acceptors (Lipinski definition) is 4. The van der Waals surface area contributed by atoms with Crippen molar-refractivity contribution in [2.45, 2.75) is 58.0 Å². The van der Waals surface area contributed by atoms with Crippen molar-refractivity contribution in [2.24, 2.45) is 0 Å². The van der Waals surface area contributed by atoms with Crippen molar-refractivity contribution in [1.29, 1.82) is 0 Å². The van der Waals surface area contributed by atoms with Crippen LogP contribution < -0.4 is 5.32 Å². The molecule has 1 saturated heterocycles. The third-order valence-corrected chi connectivity index (χ3v) is 3.45. The van der Waals surface area contributed by atoms with Crippen LogP contribution in [0.25, 0.3) is 0 Å². The maximum atomic E-state index is 13.0. The van der Waals surface area contributed by atoms with E-state index in [-0.39, 0.29) is 12.6 Å². The lowest BCUT2D eigenvalue weighted by Crippen LogP contribution is -2.33. The Balaban J connectivity index is 2.14. The van der Waals surface area contributed by atoms with E-state index in [1.54, 1.807) is 20.8 Å². The van der Waals surface area contributed by atoms with Gasteiger partial charge in [-0.1, -0.05) is 0 Å². The minimum Gasteiger partial charge on any atom is -0.444 e. The number of alkyl halides is 3. The molecule has 2 heterocycles. The zero-order chi connectivity index (χ0) is 18.0. The van der Waals surface area contributed by atoms with Gasteiger partial charge >= 0.3 is 12.3 Å². The smallest absolute Gasteiger partial charge is 0.435 e. The minimum absolute atomic E-state index is 0.0879. The Labute approximate surface area is 138 Å². The maximum absolute atomic E-state index is 13.0. The standard InChI is InChI=1S/C15H22F3N3O3/c1-14(2,3)24-13(22)19-9-11-8-12(15(16,17)18)20-21(11)10-4-6-23-7-5-10/h8,10H,4-7,9H2,1-3H3,(H,19,22). The van der Waals surface area contributed by atoms with Crippen molar-refractivity contribution < 1.29 is 27.4 Å². The molecule has 0 bridgehead atoms. The average molecular weight is 349 g/mol. The lowest BCUT2D eigenvalue weighted by molar-refractivity contribution is -0.141. The largest absolute Gasteiger partial charge is 0.444 e. The van der Waals surface area contributed by atoms with Gasteiger partial charge in [0.25, 0.3) is 0 Å². The molecule has 1 aliphatic rings. The zero-order valence-electron chi connectivity index (χ0n) is 13.9. The molecule has 0 spiro atoms. The Morgan fingerprint density at radius 3 is 2.54 bits per heavy atom. The number of nitrogens with zero attached hydrogens (tertiary/aromatic N) is 2. The van der Waals surface area contributed by atoms with E-state index < -0.39 is 23.6 Å². The highest BCUT2D eigenvalue weighted by atomic mass is 19.4. The van der Waals surface area contributed by atoms with E-state index in [4.69, 9.17) is 9.47 Å². The summed E-state index contributed by atoms with van der Waals surface area (Å²) in [4.78, 5) is 11.7. The van der Waals surface area contributed by atoms with Gasteiger partial charge in [0.2, 0.25) is 0 Å². The first-order valence-corrected chi connectivity index (χ1v) is 7.76. The molecule has 0 unspecified atom stereocenters. The van der Waals surface area contributed by atoms with E-state index in [0.717, 1.165) is 6.07 Å². The second kappa shape index (κ2) is 7.00. The lowest BCUT2D eigenvalue weighted by atomic mass is 10.1. The molecule has 0 aliphatic carbocycles. The van der Waals surface area contributed by atoms with Crippen LogP contribution in [0.15, 0.2) is 6.07 Å². The number of ether oxygens (including phenoxy) is 2. The summed E-state index contributed by atoms with van der Waals surface area (Å²) in [5.74, 6) is 0. The molecular formula is C15H22F3N3O3. The Morgan fingerprint density at radius 1 is 1.38 bits per heavy atom. The summed E-state index contributed by atoms with van der Waals surface area (Å²) in [7, 11) is 0. The summed E-state index contributed by atoms with van der Waals surface area (Å²) < 4.78 is 50.6. The van der Waals surface area contributed by atoms with Gasteiger partial charge in [0.1, 0.15) is 5.60 Å². The third kappa shape index (κ3) is 5.12. The molecule has 1 N–H and O–H groups in total. The number of carbonyl (C=O) groups is 1. The van der Waals surface area contributed by atoms with Gasteiger partial charge in [-0.3, -0.25) is 4.68 Å². The van der Waals surface area contributed by atoms with Gasteiger partial charge in [-0.15, -0.1) is 0 Å². The number of halogens is 3. The summed E-state index contributed by atoms with van der Waals surface area (Å²) in [5, 5.41) is 6.18. The molecular weight excluding hydrogens is 327 g/mol. The quantitative estimate of drug-likeness (QED) is 0.909. The van der Waals surface area contributed by atoms with Crippen LogP contribution in [-0.4, -0.2) is 34.7 Å². The van der Waals surface area contributed by atoms with E-state index >= 15 is 0 Å². The summed E-state index contributed by atoms with van der Waals surface area (Å²) in [6, 6.07) is 0.789. The molecule has 1 amide bonds. The molecule has 0 saturated carbocycles. The molecule has 9 heteroatoms. The van der Waals surface area contributed by atoms with Crippen LogP contribution in [0.2, 0.25) is 0 Å². The molecule has 136 valence electrons. The van der Waals surface area contributed by atoms with Gasteiger partial charge in [0.05, 0.1) is 18.3 Å². The van der Waals surface area contributed by atoms with Crippen LogP contribution in [0.5, 0.6) is 0 Å². The molecule has 1 aromatic rings. The van der Waals surface area contributed by atoms with E-state index in [2.05, 4.69) is 10.4 Å². The fraction of sp³-hybridized carbons (Fsp3) is 0.733. The van der Waals surface area contributed by atoms with Crippen molar-refractivity contribution in [3.05, 3.63) is 17.5 Å². The fourth-order valence-electron chi connectivity index (χ4n) is 2.43. The predicted molar refractivity (Wildman–Crippen MR) is 79.4 cm³/mol. The first-order chi connectivity index (χ1) is 11.1. The molecule has 1 aliphatic heterocycles. The number of nitrogens with one attached hydrogen (secondary N) is 1. The number of aromatic nitrogens is 2. The van der Waals surface area contributed by atoms with Gasteiger partial charge < -0.3 is 14.8 Å². The van der Waals surface area contributed by atoms with E-state index in [1.807, 2.05) is 0 Å². The number of rotatable bonds is 3. The zero-order valence-corrected chi connectivity index (χ0v) is 13.9. The molecule has 2 rings (SSSR count). The van der Waals surface area contributed by atoms with Crippen molar-refractivity contribution in [3.63, 3.8) is 0 Å². The summed E-state index contributed by atoms with van der Waals surface area (Å²) in [6.45, 7) is 5.99. The first-order valence-electron chi connectivity index (χ1n) is 7.76. The van der Waals surface area contributed by atoms with Crippen molar-refractivity contribution in [2.75, 3.05) is 13.2 Å². The minimum atomic E-state index is -4.53. The second-order valence-corrected chi connectivity index (χ2v) is 6.66. The summed E-state index contributed by atoms with van der Waals surface area (Å²) >= 11 is 0. The van der Waals surface area contributed by atoms with Gasteiger partial charge in [0, 0.05) is 13.2 Å². The molecule has 0 radical (unpaired) electrons. The second-order valence-electron chi connectivity index (χ2n) is 6.66. The number of carbonyl (C=O) groups excluding carboxylic acids is 1. The summed E-state index contributed by atoms with van der Waals surface area (Å²) in [5.41, 5.74) is -1.35. The Kier molecular flexibility index (Phi) is 5.42. The van der Waals surface area contributed by atoms with Crippen LogP contribution in [0, 0.1) is 0 Å². The van der Waals surface area contributed by atoms with Crippen LogP contribution in [0.4, 0.5) is 18.0 Å². The van der Waals surface area contributed by atoms with Crippen LogP contribution in [0.1, 0.15) is 51.0 Å². The van der Waals surface area contributed by atoms with Crippen LogP contribution in [-0.2, 0) is 22.2 Å². The van der Waals surface area contributed by atoms with E-state index in [1.165, 1.54) is 4.68 Å². The van der Waals surface area contributed by atoms with Crippen LogP contribution in [0.3, 0.4) is 0 Å². The number of amides is 1. The normalized spacial score (nSPS) is 16.9. The monoisotopic (exact) mass is 349 g/mol. The average Bonchev–Trinajstić information content (AvgIpc) is 2.88. The molecule has 24 heavy (non-hydrogen) atoms. The predicted octanol–water partition coefficient (Wildman–Crippen LogP) is 3.28. The van der Waals surface area contributed by atoms with Crippen molar-refractivity contribution in [3.8, 4) is 0 Å². The first kappa shape index (κ1) is 18.6. The highest BCUT2D eigenvalue weighted by Crippen LogP contribution is 2.31.